The van der Waals surface area contributed by atoms with E-state index in [0.717, 1.165) is 17.3 Å². The number of hydrogen-bond donors (Lipinski definition) is 3. The molecule has 2 aromatic carbocycles. The standard InChI is InChI=1S/C41H57BrO9/c1-9-31(36-25(6)22-41(11-3,51-36)32-20-21-40(48,10-2)27(8)49-32)35(44)26(7)34(43)23(4)12-14-28-15-13-24(5)37(33(28)38(45)46)50-39(47)29-16-18-30(42)19-17-29/h13,15-19,23,25-27,31-32,34,36,43,48H,9-12,14,20-22H2,1-8H3,(H,45,46)/t23-,25+,26+,27+,31+,32-,34+,36+,40-,41+/m1/s1. The maximum Gasteiger partial charge on any atom is 0.343 e. The Labute approximate surface area is 311 Å². The number of benzene rings is 2. The molecule has 2 fully saturated rings. The average Bonchev–Trinajstić information content (AvgIpc) is 3.45. The lowest BCUT2D eigenvalue weighted by molar-refractivity contribution is -0.229. The lowest BCUT2D eigenvalue weighted by Crippen LogP contribution is -2.55. The number of esters is 1. The highest BCUT2D eigenvalue weighted by molar-refractivity contribution is 9.10. The van der Waals surface area contributed by atoms with Crippen molar-refractivity contribution < 1.29 is 43.9 Å². The summed E-state index contributed by atoms with van der Waals surface area (Å²) in [7, 11) is 0. The monoisotopic (exact) mass is 772 g/mol. The summed E-state index contributed by atoms with van der Waals surface area (Å²) in [6, 6.07) is 10.1. The van der Waals surface area contributed by atoms with E-state index in [1.165, 1.54) is 0 Å². The molecule has 0 radical (unpaired) electrons. The fourth-order valence-corrected chi connectivity index (χ4v) is 8.57. The van der Waals surface area contributed by atoms with Gasteiger partial charge in [0.25, 0.3) is 0 Å². The number of carbonyl (C=O) groups is 3. The van der Waals surface area contributed by atoms with Crippen LogP contribution in [0.1, 0.15) is 125 Å². The van der Waals surface area contributed by atoms with Crippen LogP contribution in [0.3, 0.4) is 0 Å². The third-order valence-electron chi connectivity index (χ3n) is 11.9. The molecule has 0 aromatic heterocycles. The second kappa shape index (κ2) is 17.0. The fraction of sp³-hybridized carbons (Fsp3) is 0.634. The molecule has 3 N–H and O–H groups in total. The van der Waals surface area contributed by atoms with Crippen LogP contribution in [0.15, 0.2) is 40.9 Å². The number of ketones is 1. The molecule has 10 heteroatoms. The smallest absolute Gasteiger partial charge is 0.343 e. The molecule has 0 unspecified atom stereocenters. The number of carbonyl (C=O) groups excluding carboxylic acids is 2. The molecule has 2 saturated heterocycles. The summed E-state index contributed by atoms with van der Waals surface area (Å²) < 4.78 is 19.8. The van der Waals surface area contributed by atoms with Crippen LogP contribution in [0.2, 0.25) is 0 Å². The highest BCUT2D eigenvalue weighted by Crippen LogP contribution is 2.48. The number of halogens is 1. The van der Waals surface area contributed by atoms with Gasteiger partial charge in [-0.05, 0) is 112 Å². The van der Waals surface area contributed by atoms with Gasteiger partial charge in [0.05, 0.1) is 41.2 Å². The van der Waals surface area contributed by atoms with Crippen molar-refractivity contribution in [2.75, 3.05) is 0 Å². The first kappa shape index (κ1) is 41.1. The highest BCUT2D eigenvalue weighted by atomic mass is 79.9. The van der Waals surface area contributed by atoms with Crippen LogP contribution in [-0.2, 0) is 20.7 Å². The Morgan fingerprint density at radius 3 is 2.27 bits per heavy atom. The van der Waals surface area contributed by atoms with Gasteiger partial charge in [-0.3, -0.25) is 4.79 Å². The van der Waals surface area contributed by atoms with Gasteiger partial charge in [0.15, 0.2) is 0 Å². The fourth-order valence-electron chi connectivity index (χ4n) is 8.30. The van der Waals surface area contributed by atoms with Crippen molar-refractivity contribution in [2.45, 2.75) is 142 Å². The zero-order valence-corrected chi connectivity index (χ0v) is 33.0. The topological polar surface area (TPSA) is 140 Å². The van der Waals surface area contributed by atoms with Crippen LogP contribution in [0.4, 0.5) is 0 Å². The number of rotatable bonds is 15. The summed E-state index contributed by atoms with van der Waals surface area (Å²) in [4.78, 5) is 39.5. The van der Waals surface area contributed by atoms with Gasteiger partial charge in [0, 0.05) is 16.3 Å². The molecule has 0 bridgehead atoms. The molecule has 51 heavy (non-hydrogen) atoms. The lowest BCUT2D eigenvalue weighted by atomic mass is 9.76. The van der Waals surface area contributed by atoms with E-state index in [4.69, 9.17) is 14.2 Å². The van der Waals surface area contributed by atoms with Crippen molar-refractivity contribution >= 4 is 33.7 Å². The number of aryl methyl sites for hydroxylation is 2. The maximum atomic E-state index is 14.1. The van der Waals surface area contributed by atoms with E-state index in [2.05, 4.69) is 29.8 Å². The minimum absolute atomic E-state index is 0.00146. The third kappa shape index (κ3) is 8.78. The number of carboxylic acid groups (broad SMARTS) is 1. The van der Waals surface area contributed by atoms with Gasteiger partial charge >= 0.3 is 11.9 Å². The van der Waals surface area contributed by atoms with E-state index in [0.29, 0.717) is 55.2 Å². The van der Waals surface area contributed by atoms with Crippen LogP contribution in [0, 0.1) is 30.6 Å². The van der Waals surface area contributed by atoms with Crippen molar-refractivity contribution in [1.82, 2.24) is 0 Å². The Morgan fingerprint density at radius 1 is 1.04 bits per heavy atom. The van der Waals surface area contributed by atoms with Gasteiger partial charge in [-0.25, -0.2) is 9.59 Å². The van der Waals surface area contributed by atoms with Crippen molar-refractivity contribution in [3.05, 3.63) is 63.1 Å². The molecule has 2 aromatic rings. The Hall–Kier alpha value is -2.63. The van der Waals surface area contributed by atoms with Crippen LogP contribution in [-0.4, -0.2) is 68.7 Å². The SMILES string of the molecule is CC[C@@H](C(=O)[C@@H](C)[C@@H](O)[C@H](C)CCc1ccc(C)c(OC(=O)c2ccc(Br)cc2)c1C(=O)O)[C@H]1O[C@](CC)([C@H]2CC[C@](O)(CC)[C@H](C)O2)C[C@@H]1C. The molecule has 0 spiro atoms. The van der Waals surface area contributed by atoms with Crippen LogP contribution >= 0.6 is 15.9 Å². The van der Waals surface area contributed by atoms with Crippen LogP contribution in [0.5, 0.6) is 5.75 Å². The molecule has 0 saturated carbocycles. The number of aliphatic hydroxyl groups is 2. The molecule has 282 valence electrons. The second-order valence-corrected chi connectivity index (χ2v) is 16.0. The predicted octanol–water partition coefficient (Wildman–Crippen LogP) is 8.12. The molecule has 2 heterocycles. The van der Waals surface area contributed by atoms with Gasteiger partial charge in [-0.2, -0.15) is 0 Å². The summed E-state index contributed by atoms with van der Waals surface area (Å²) in [5.74, 6) is -3.20. The van der Waals surface area contributed by atoms with Crippen LogP contribution < -0.4 is 4.74 Å². The predicted molar refractivity (Wildman–Crippen MR) is 199 cm³/mol. The number of Topliss-reactive ketones (excluding diaryl/α,β-unsaturated/α-hetero) is 1. The molecule has 4 rings (SSSR count). The summed E-state index contributed by atoms with van der Waals surface area (Å²) in [6.07, 6.45) is 2.99. The largest absolute Gasteiger partial charge is 0.478 e. The van der Waals surface area contributed by atoms with Gasteiger partial charge in [-0.1, -0.05) is 69.6 Å². The first-order valence-electron chi connectivity index (χ1n) is 18.6. The second-order valence-electron chi connectivity index (χ2n) is 15.1. The number of aliphatic hydroxyl groups excluding tert-OH is 1. The highest BCUT2D eigenvalue weighted by Gasteiger charge is 2.55. The van der Waals surface area contributed by atoms with E-state index in [-0.39, 0.29) is 47.2 Å². The Morgan fingerprint density at radius 2 is 1.71 bits per heavy atom. The average molecular weight is 774 g/mol. The molecular weight excluding hydrogens is 716 g/mol. The summed E-state index contributed by atoms with van der Waals surface area (Å²) in [5, 5.41) is 32.7. The Kier molecular flexibility index (Phi) is 13.7. The van der Waals surface area contributed by atoms with Crippen molar-refractivity contribution in [3.63, 3.8) is 0 Å². The van der Waals surface area contributed by atoms with E-state index < -0.39 is 41.1 Å². The molecular formula is C41H57BrO9. The first-order chi connectivity index (χ1) is 24.0. The molecule has 2 aliphatic heterocycles. The molecule has 9 nitrogen and oxygen atoms in total. The van der Waals surface area contributed by atoms with E-state index in [1.54, 1.807) is 50.2 Å². The van der Waals surface area contributed by atoms with Gasteiger partial charge < -0.3 is 29.5 Å². The summed E-state index contributed by atoms with van der Waals surface area (Å²) in [5.41, 5.74) is -0.181. The zero-order chi connectivity index (χ0) is 37.8. The van der Waals surface area contributed by atoms with Crippen molar-refractivity contribution in [1.29, 1.82) is 0 Å². The molecule has 0 aliphatic carbocycles. The minimum Gasteiger partial charge on any atom is -0.478 e. The van der Waals surface area contributed by atoms with Gasteiger partial charge in [0.2, 0.25) is 0 Å². The number of ether oxygens (including phenoxy) is 3. The number of aromatic carboxylic acids is 1. The minimum atomic E-state index is -1.21. The molecule has 0 amide bonds. The summed E-state index contributed by atoms with van der Waals surface area (Å²) >= 11 is 3.34. The molecule has 10 atom stereocenters. The maximum absolute atomic E-state index is 14.1. The van der Waals surface area contributed by atoms with E-state index >= 15 is 0 Å². The van der Waals surface area contributed by atoms with Gasteiger partial charge in [0.1, 0.15) is 17.1 Å². The van der Waals surface area contributed by atoms with Crippen molar-refractivity contribution in [2.24, 2.45) is 23.7 Å². The Balaban J connectivity index is 1.44. The summed E-state index contributed by atoms with van der Waals surface area (Å²) in [6.45, 7) is 15.4. The van der Waals surface area contributed by atoms with E-state index in [1.807, 2.05) is 27.7 Å². The first-order valence-corrected chi connectivity index (χ1v) is 19.4. The van der Waals surface area contributed by atoms with Crippen molar-refractivity contribution in [3.8, 4) is 5.75 Å². The van der Waals surface area contributed by atoms with Crippen LogP contribution in [0.25, 0.3) is 0 Å². The van der Waals surface area contributed by atoms with E-state index in [9.17, 15) is 29.7 Å². The number of hydrogen-bond acceptors (Lipinski definition) is 8. The zero-order valence-electron chi connectivity index (χ0n) is 31.4. The third-order valence-corrected chi connectivity index (χ3v) is 12.4. The Bertz CT molecular complexity index is 1540. The lowest BCUT2D eigenvalue weighted by Gasteiger charge is -2.47. The normalized spacial score (nSPS) is 28.8. The number of carboxylic acids is 1. The van der Waals surface area contributed by atoms with Gasteiger partial charge in [-0.15, -0.1) is 0 Å². The quantitative estimate of drug-likeness (QED) is 0.121. The molecule has 2 aliphatic rings.